The summed E-state index contributed by atoms with van der Waals surface area (Å²) in [5.74, 6) is 7.23. The SMILES string of the molecule is C#CC(C)O.CCC=CCCC(=O)CC(O)C#CC(O)CCC=CCC. The standard InChI is InChI=1S/C18H28O3.C4H6O/c1-3-5-7-9-11-16(19)13-14-18(21)15-17(20)12-10-8-6-4-2;1-3-4(2)5/h5-8,16,18-19,21H,3-4,9-12,15H2,1-2H3;1,4-5H,2H3. The van der Waals surface area contributed by atoms with Crippen LogP contribution in [0.5, 0.6) is 0 Å². The van der Waals surface area contributed by atoms with Gasteiger partial charge in [0.05, 0.1) is 0 Å². The van der Waals surface area contributed by atoms with Crippen molar-refractivity contribution in [3.63, 3.8) is 0 Å². The molecule has 0 amide bonds. The van der Waals surface area contributed by atoms with Gasteiger partial charge in [-0.15, -0.1) is 6.42 Å². The normalized spacial score (nSPS) is 13.9. The largest absolute Gasteiger partial charge is 0.381 e. The third kappa shape index (κ3) is 22.1. The van der Waals surface area contributed by atoms with E-state index in [1.807, 2.05) is 31.2 Å². The van der Waals surface area contributed by atoms with Crippen LogP contribution in [0.4, 0.5) is 0 Å². The van der Waals surface area contributed by atoms with Gasteiger partial charge in [0.2, 0.25) is 0 Å². The number of aliphatic hydroxyl groups excluding tert-OH is 3. The highest BCUT2D eigenvalue weighted by atomic mass is 16.3. The van der Waals surface area contributed by atoms with Crippen LogP contribution in [0.25, 0.3) is 0 Å². The zero-order chi connectivity index (χ0) is 20.2. The minimum atomic E-state index is -0.978. The molecule has 146 valence electrons. The van der Waals surface area contributed by atoms with Crippen LogP contribution in [0.1, 0.15) is 65.7 Å². The van der Waals surface area contributed by atoms with E-state index in [-0.39, 0.29) is 12.2 Å². The predicted molar refractivity (Wildman–Crippen MR) is 107 cm³/mol. The van der Waals surface area contributed by atoms with Crippen LogP contribution in [0, 0.1) is 24.2 Å². The molecule has 0 aliphatic heterocycles. The average molecular weight is 363 g/mol. The minimum Gasteiger partial charge on any atom is -0.381 e. The molecular weight excluding hydrogens is 328 g/mol. The Kier molecular flexibility index (Phi) is 19.8. The summed E-state index contributed by atoms with van der Waals surface area (Å²) in [6.07, 6.45) is 14.8. The summed E-state index contributed by atoms with van der Waals surface area (Å²) in [7, 11) is 0. The van der Waals surface area contributed by atoms with Gasteiger partial charge in [0.1, 0.15) is 24.1 Å². The Hall–Kier alpha value is -1.85. The lowest BCUT2D eigenvalue weighted by atomic mass is 10.1. The lowest BCUT2D eigenvalue weighted by Gasteiger charge is -2.03. The van der Waals surface area contributed by atoms with Crippen LogP contribution in [-0.4, -0.2) is 39.4 Å². The number of rotatable bonds is 10. The van der Waals surface area contributed by atoms with Crippen LogP contribution in [-0.2, 0) is 4.79 Å². The van der Waals surface area contributed by atoms with Crippen molar-refractivity contribution in [2.45, 2.75) is 84.0 Å². The van der Waals surface area contributed by atoms with Crippen molar-refractivity contribution in [1.82, 2.24) is 0 Å². The molecule has 0 saturated heterocycles. The van der Waals surface area contributed by atoms with Crippen LogP contribution in [0.3, 0.4) is 0 Å². The van der Waals surface area contributed by atoms with Crippen molar-refractivity contribution in [1.29, 1.82) is 0 Å². The van der Waals surface area contributed by atoms with Crippen molar-refractivity contribution in [2.75, 3.05) is 0 Å². The van der Waals surface area contributed by atoms with Crippen LogP contribution in [0.2, 0.25) is 0 Å². The molecule has 0 rings (SSSR count). The lowest BCUT2D eigenvalue weighted by molar-refractivity contribution is -0.120. The lowest BCUT2D eigenvalue weighted by Crippen LogP contribution is -2.12. The Balaban J connectivity index is 0. The number of carbonyl (C=O) groups is 1. The molecule has 4 nitrogen and oxygen atoms in total. The molecule has 0 aromatic carbocycles. The van der Waals surface area contributed by atoms with Gasteiger partial charge in [0.25, 0.3) is 0 Å². The maximum atomic E-state index is 11.6. The summed E-state index contributed by atoms with van der Waals surface area (Å²) >= 11 is 0. The smallest absolute Gasteiger partial charge is 0.136 e. The van der Waals surface area contributed by atoms with E-state index in [1.54, 1.807) is 6.92 Å². The third-order valence-corrected chi connectivity index (χ3v) is 3.08. The van der Waals surface area contributed by atoms with E-state index in [1.165, 1.54) is 0 Å². The van der Waals surface area contributed by atoms with Gasteiger partial charge in [0.15, 0.2) is 0 Å². The summed E-state index contributed by atoms with van der Waals surface area (Å²) in [5, 5.41) is 27.4. The van der Waals surface area contributed by atoms with Gasteiger partial charge in [-0.1, -0.05) is 55.9 Å². The summed E-state index contributed by atoms with van der Waals surface area (Å²) in [4.78, 5) is 11.6. The van der Waals surface area contributed by atoms with Crippen LogP contribution >= 0.6 is 0 Å². The number of ketones is 1. The number of carbonyl (C=O) groups excluding carboxylic acids is 1. The maximum Gasteiger partial charge on any atom is 0.136 e. The molecule has 4 heteroatoms. The van der Waals surface area contributed by atoms with E-state index in [9.17, 15) is 15.0 Å². The van der Waals surface area contributed by atoms with Crippen molar-refractivity contribution in [3.05, 3.63) is 24.3 Å². The molecule has 0 saturated carbocycles. The number of hydrogen-bond acceptors (Lipinski definition) is 4. The first kappa shape index (κ1) is 26.4. The summed E-state index contributed by atoms with van der Waals surface area (Å²) in [6.45, 7) is 5.64. The van der Waals surface area contributed by atoms with E-state index >= 15 is 0 Å². The Morgan fingerprint density at radius 1 is 0.962 bits per heavy atom. The second kappa shape index (κ2) is 19.5. The van der Waals surface area contributed by atoms with Gasteiger partial charge in [-0.05, 0) is 39.0 Å². The minimum absolute atomic E-state index is 0.00192. The molecule has 0 aliphatic carbocycles. The molecule has 0 spiro atoms. The molecule has 0 heterocycles. The van der Waals surface area contributed by atoms with Gasteiger partial charge in [-0.2, -0.15) is 0 Å². The van der Waals surface area contributed by atoms with Gasteiger partial charge in [0, 0.05) is 12.8 Å². The maximum absolute atomic E-state index is 11.6. The first-order chi connectivity index (χ1) is 12.4. The molecular formula is C22H34O4. The fourth-order valence-electron chi connectivity index (χ4n) is 1.70. The molecule has 0 aliphatic rings. The molecule has 0 radical (unpaired) electrons. The molecule has 0 bridgehead atoms. The van der Waals surface area contributed by atoms with E-state index in [4.69, 9.17) is 5.11 Å². The highest BCUT2D eigenvalue weighted by molar-refractivity contribution is 5.79. The first-order valence-electron chi connectivity index (χ1n) is 9.20. The van der Waals surface area contributed by atoms with Crippen molar-refractivity contribution in [3.8, 4) is 24.2 Å². The van der Waals surface area contributed by atoms with Gasteiger partial charge >= 0.3 is 0 Å². The van der Waals surface area contributed by atoms with Gasteiger partial charge in [-0.25, -0.2) is 0 Å². The first-order valence-corrected chi connectivity index (χ1v) is 9.20. The van der Waals surface area contributed by atoms with Gasteiger partial charge in [-0.3, -0.25) is 4.79 Å². The zero-order valence-corrected chi connectivity index (χ0v) is 16.3. The Morgan fingerprint density at radius 3 is 1.96 bits per heavy atom. The van der Waals surface area contributed by atoms with Crippen LogP contribution in [0.15, 0.2) is 24.3 Å². The van der Waals surface area contributed by atoms with Crippen molar-refractivity contribution >= 4 is 5.78 Å². The van der Waals surface area contributed by atoms with Gasteiger partial charge < -0.3 is 15.3 Å². The second-order valence-corrected chi connectivity index (χ2v) is 5.78. The fraction of sp³-hybridized carbons (Fsp3) is 0.591. The quantitative estimate of drug-likeness (QED) is 0.412. The molecule has 0 aromatic heterocycles. The second-order valence-electron chi connectivity index (χ2n) is 5.78. The monoisotopic (exact) mass is 362 g/mol. The highest BCUT2D eigenvalue weighted by Gasteiger charge is 2.07. The Labute approximate surface area is 159 Å². The predicted octanol–water partition coefficient (Wildman–Crippen LogP) is 3.16. The molecule has 26 heavy (non-hydrogen) atoms. The molecule has 0 fully saturated rings. The molecule has 3 unspecified atom stereocenters. The molecule has 3 N–H and O–H groups in total. The summed E-state index contributed by atoms with van der Waals surface area (Å²) < 4.78 is 0. The molecule has 0 aromatic rings. The summed E-state index contributed by atoms with van der Waals surface area (Å²) in [5.41, 5.74) is 0. The van der Waals surface area contributed by atoms with E-state index < -0.39 is 18.3 Å². The van der Waals surface area contributed by atoms with Crippen LogP contribution < -0.4 is 0 Å². The van der Waals surface area contributed by atoms with E-state index in [2.05, 4.69) is 31.1 Å². The zero-order valence-electron chi connectivity index (χ0n) is 16.3. The summed E-state index contributed by atoms with van der Waals surface area (Å²) in [6, 6.07) is 0. The number of terminal acetylenes is 1. The number of aliphatic hydroxyl groups is 3. The number of hydrogen-bond donors (Lipinski definition) is 3. The average Bonchev–Trinajstić information content (AvgIpc) is 2.61. The van der Waals surface area contributed by atoms with E-state index in [0.717, 1.165) is 19.3 Å². The van der Waals surface area contributed by atoms with Crippen molar-refractivity contribution < 1.29 is 20.1 Å². The number of Topliss-reactive ketones (excluding diaryl/α,β-unsaturated/α-hetero) is 1. The fourth-order valence-corrected chi connectivity index (χ4v) is 1.70. The molecule has 3 atom stereocenters. The van der Waals surface area contributed by atoms with E-state index in [0.29, 0.717) is 19.3 Å². The van der Waals surface area contributed by atoms with Crippen molar-refractivity contribution in [2.24, 2.45) is 0 Å². The highest BCUT2D eigenvalue weighted by Crippen LogP contribution is 2.02. The Morgan fingerprint density at radius 2 is 1.46 bits per heavy atom. The third-order valence-electron chi connectivity index (χ3n) is 3.08. The number of allylic oxidation sites excluding steroid dienone is 4. The topological polar surface area (TPSA) is 77.8 Å². The Bertz CT molecular complexity index is 500.